The fourth-order valence-corrected chi connectivity index (χ4v) is 4.03. The average molecular weight is 514 g/mol. The van der Waals surface area contributed by atoms with E-state index < -0.39 is 0 Å². The molecule has 7 heteroatoms. The van der Waals surface area contributed by atoms with Crippen LogP contribution in [0.1, 0.15) is 56.6 Å². The van der Waals surface area contributed by atoms with Gasteiger partial charge < -0.3 is 15.0 Å². The minimum Gasteiger partial charge on any atom is -0.378 e. The first-order valence-electron chi connectivity index (χ1n) is 10.5. The van der Waals surface area contributed by atoms with E-state index in [2.05, 4.69) is 21.3 Å². The zero-order chi connectivity index (χ0) is 19.8. The summed E-state index contributed by atoms with van der Waals surface area (Å²) in [5.74, 6) is 1.24. The Bertz CT molecular complexity index is 707. The molecule has 29 heavy (non-hydrogen) atoms. The number of hydrogen-bond donors (Lipinski definition) is 1. The molecule has 3 rings (SSSR count). The molecule has 0 amide bonds. The van der Waals surface area contributed by atoms with Crippen LogP contribution >= 0.6 is 24.0 Å². The highest BCUT2D eigenvalue weighted by molar-refractivity contribution is 14.0. The summed E-state index contributed by atoms with van der Waals surface area (Å²) in [5, 5.41) is 12.3. The third-order valence-electron chi connectivity index (χ3n) is 5.69. The van der Waals surface area contributed by atoms with E-state index in [9.17, 15) is 4.39 Å². The molecule has 5 nitrogen and oxygen atoms in total. The van der Waals surface area contributed by atoms with Gasteiger partial charge in [-0.3, -0.25) is 0 Å². The van der Waals surface area contributed by atoms with E-state index in [-0.39, 0.29) is 36.3 Å². The monoisotopic (exact) mass is 514 g/mol. The zero-order valence-corrected chi connectivity index (χ0v) is 19.5. The van der Waals surface area contributed by atoms with Crippen molar-refractivity contribution in [3.05, 3.63) is 35.1 Å². The molecular weight excluding hydrogens is 482 g/mol. The zero-order valence-electron chi connectivity index (χ0n) is 17.2. The van der Waals surface area contributed by atoms with E-state index in [4.69, 9.17) is 10.00 Å². The predicted octanol–water partition coefficient (Wildman–Crippen LogP) is 4.45. The van der Waals surface area contributed by atoms with Gasteiger partial charge in [0.05, 0.1) is 24.3 Å². The number of ether oxygens (including phenoxy) is 1. The van der Waals surface area contributed by atoms with E-state index in [1.807, 2.05) is 6.92 Å². The lowest BCUT2D eigenvalue weighted by atomic mass is 10.1. The third kappa shape index (κ3) is 7.10. The van der Waals surface area contributed by atoms with Crippen LogP contribution in [0.3, 0.4) is 0 Å². The molecule has 1 saturated carbocycles. The van der Waals surface area contributed by atoms with Crippen LogP contribution in [-0.2, 0) is 11.3 Å². The molecule has 0 radical (unpaired) electrons. The number of nitrogens with one attached hydrogen (secondary N) is 1. The van der Waals surface area contributed by atoms with Gasteiger partial charge in [0.15, 0.2) is 5.96 Å². The van der Waals surface area contributed by atoms with Gasteiger partial charge in [-0.05, 0) is 56.7 Å². The molecule has 0 aromatic heterocycles. The largest absolute Gasteiger partial charge is 0.378 e. The number of halogens is 2. The Morgan fingerprint density at radius 2 is 2.00 bits per heavy atom. The van der Waals surface area contributed by atoms with Crippen LogP contribution in [0.25, 0.3) is 0 Å². The third-order valence-corrected chi connectivity index (χ3v) is 5.69. The molecule has 1 aliphatic carbocycles. The van der Waals surface area contributed by atoms with Crippen molar-refractivity contribution in [2.24, 2.45) is 10.9 Å². The van der Waals surface area contributed by atoms with Crippen LogP contribution in [-0.4, -0.2) is 43.2 Å². The Labute approximate surface area is 190 Å². The number of hydrogen-bond acceptors (Lipinski definition) is 3. The smallest absolute Gasteiger partial charge is 0.194 e. The molecule has 1 aliphatic heterocycles. The summed E-state index contributed by atoms with van der Waals surface area (Å²) in [4.78, 5) is 6.85. The molecule has 0 bridgehead atoms. The maximum Gasteiger partial charge on any atom is 0.194 e. The number of likely N-dealkylation sites (tertiary alicyclic amines) is 1. The van der Waals surface area contributed by atoms with Gasteiger partial charge >= 0.3 is 0 Å². The van der Waals surface area contributed by atoms with E-state index in [0.29, 0.717) is 17.2 Å². The second-order valence-electron chi connectivity index (χ2n) is 7.76. The summed E-state index contributed by atoms with van der Waals surface area (Å²) in [6.45, 7) is 5.71. The molecule has 160 valence electrons. The molecule has 0 atom stereocenters. The van der Waals surface area contributed by atoms with Crippen molar-refractivity contribution in [3.63, 3.8) is 0 Å². The molecule has 1 aromatic rings. The first-order chi connectivity index (χ1) is 13.7. The number of guanidine groups is 1. The summed E-state index contributed by atoms with van der Waals surface area (Å²) in [5.41, 5.74) is 0.904. The fraction of sp³-hybridized carbons (Fsp3) is 0.636. The van der Waals surface area contributed by atoms with E-state index in [1.165, 1.54) is 37.8 Å². The number of aliphatic imine (C=N–C) groups is 1. The number of rotatable bonds is 6. The summed E-state index contributed by atoms with van der Waals surface area (Å²) < 4.78 is 20.2. The van der Waals surface area contributed by atoms with Crippen molar-refractivity contribution in [3.8, 4) is 6.07 Å². The number of nitriles is 1. The molecule has 2 aliphatic rings. The Balaban J connectivity index is 0.00000300. The van der Waals surface area contributed by atoms with Crippen LogP contribution in [0.2, 0.25) is 0 Å². The van der Waals surface area contributed by atoms with Crippen LogP contribution in [0, 0.1) is 23.1 Å². The van der Waals surface area contributed by atoms with Crippen molar-refractivity contribution in [2.45, 2.75) is 58.1 Å². The molecule has 0 unspecified atom stereocenters. The second-order valence-corrected chi connectivity index (χ2v) is 7.76. The number of benzene rings is 1. The lowest BCUT2D eigenvalue weighted by Crippen LogP contribution is -2.47. The molecule has 0 spiro atoms. The van der Waals surface area contributed by atoms with Crippen LogP contribution < -0.4 is 5.32 Å². The summed E-state index contributed by atoms with van der Waals surface area (Å²) in [7, 11) is 0. The average Bonchev–Trinajstić information content (AvgIpc) is 3.25. The Hall–Kier alpha value is -1.40. The van der Waals surface area contributed by atoms with Gasteiger partial charge in [0.2, 0.25) is 0 Å². The highest BCUT2D eigenvalue weighted by Crippen LogP contribution is 2.26. The van der Waals surface area contributed by atoms with Gasteiger partial charge in [-0.25, -0.2) is 9.38 Å². The predicted molar refractivity (Wildman–Crippen MR) is 124 cm³/mol. The van der Waals surface area contributed by atoms with Crippen molar-refractivity contribution in [2.75, 3.05) is 26.2 Å². The van der Waals surface area contributed by atoms with Crippen molar-refractivity contribution < 1.29 is 9.13 Å². The minimum absolute atomic E-state index is 0. The standard InChI is InChI=1S/C22H31FN4O.HI/c1-2-25-22(26-15-19-13-18(14-24)7-8-21(19)23)27-11-9-20(10-12-27)28-16-17-5-3-4-6-17;/h7-8,13,17,20H,2-6,9-12,15-16H2,1H3,(H,25,26);1H. The van der Waals surface area contributed by atoms with Crippen molar-refractivity contribution >= 4 is 29.9 Å². The van der Waals surface area contributed by atoms with E-state index in [1.54, 1.807) is 6.07 Å². The highest BCUT2D eigenvalue weighted by atomic mass is 127. The quantitative estimate of drug-likeness (QED) is 0.346. The molecule has 1 N–H and O–H groups in total. The van der Waals surface area contributed by atoms with Crippen LogP contribution in [0.15, 0.2) is 23.2 Å². The summed E-state index contributed by atoms with van der Waals surface area (Å²) in [6, 6.07) is 6.45. The molecular formula is C22H32FIN4O. The van der Waals surface area contributed by atoms with Gasteiger partial charge in [0, 0.05) is 31.8 Å². The lowest BCUT2D eigenvalue weighted by Gasteiger charge is -2.34. The maximum atomic E-state index is 14.0. The first kappa shape index (κ1) is 23.9. The lowest BCUT2D eigenvalue weighted by molar-refractivity contribution is 0.00101. The highest BCUT2D eigenvalue weighted by Gasteiger charge is 2.24. The van der Waals surface area contributed by atoms with Crippen LogP contribution in [0.5, 0.6) is 0 Å². The fourth-order valence-electron chi connectivity index (χ4n) is 4.03. The van der Waals surface area contributed by atoms with Gasteiger partial charge in [-0.2, -0.15) is 5.26 Å². The topological polar surface area (TPSA) is 60.7 Å². The molecule has 1 saturated heterocycles. The maximum absolute atomic E-state index is 14.0. The summed E-state index contributed by atoms with van der Waals surface area (Å²) >= 11 is 0. The molecule has 1 aromatic carbocycles. The number of piperidine rings is 1. The van der Waals surface area contributed by atoms with E-state index in [0.717, 1.165) is 51.0 Å². The van der Waals surface area contributed by atoms with Gasteiger partial charge in [0.1, 0.15) is 5.82 Å². The first-order valence-corrected chi connectivity index (χ1v) is 10.5. The summed E-state index contributed by atoms with van der Waals surface area (Å²) in [6.07, 6.45) is 7.67. The van der Waals surface area contributed by atoms with Crippen LogP contribution in [0.4, 0.5) is 4.39 Å². The van der Waals surface area contributed by atoms with Crippen molar-refractivity contribution in [1.82, 2.24) is 10.2 Å². The minimum atomic E-state index is -0.322. The van der Waals surface area contributed by atoms with Crippen molar-refractivity contribution in [1.29, 1.82) is 5.26 Å². The SMILES string of the molecule is CCNC(=NCc1cc(C#N)ccc1F)N1CCC(OCC2CCCC2)CC1.I. The Morgan fingerprint density at radius 3 is 2.66 bits per heavy atom. The van der Waals surface area contributed by atoms with Gasteiger partial charge in [-0.15, -0.1) is 24.0 Å². The Morgan fingerprint density at radius 1 is 1.28 bits per heavy atom. The van der Waals surface area contributed by atoms with E-state index >= 15 is 0 Å². The molecule has 2 fully saturated rings. The second kappa shape index (κ2) is 12.3. The molecule has 1 heterocycles. The van der Waals surface area contributed by atoms with Gasteiger partial charge in [0.25, 0.3) is 0 Å². The Kier molecular flexibility index (Phi) is 10.2. The number of nitrogens with zero attached hydrogens (tertiary/aromatic N) is 3. The van der Waals surface area contributed by atoms with Gasteiger partial charge in [-0.1, -0.05) is 12.8 Å². The normalized spacial score (nSPS) is 18.4.